The molecule has 0 aliphatic carbocycles. The summed E-state index contributed by atoms with van der Waals surface area (Å²) in [7, 11) is 4.00. The van der Waals surface area contributed by atoms with Gasteiger partial charge in [-0.1, -0.05) is 0 Å². The molecule has 130 valence electrons. The van der Waals surface area contributed by atoms with Gasteiger partial charge in [0.1, 0.15) is 11.6 Å². The molecule has 0 saturated carbocycles. The third-order valence-corrected chi connectivity index (χ3v) is 3.86. The maximum atomic E-state index is 13.5. The first-order valence-corrected chi connectivity index (χ1v) is 7.99. The molecule has 2 aromatic heterocycles. The van der Waals surface area contributed by atoms with Gasteiger partial charge in [-0.05, 0) is 39.2 Å². The summed E-state index contributed by atoms with van der Waals surface area (Å²) in [4.78, 5) is 25.7. The Morgan fingerprint density at radius 2 is 2.08 bits per heavy atom. The molecular formula is C18H20FN5O. The number of H-pyrrole nitrogens is 1. The van der Waals surface area contributed by atoms with E-state index in [1.807, 2.05) is 27.1 Å². The summed E-state index contributed by atoms with van der Waals surface area (Å²) in [5.41, 5.74) is 2.30. The number of hydrogen-bond acceptors (Lipinski definition) is 5. The molecule has 1 aromatic carbocycles. The van der Waals surface area contributed by atoms with Crippen molar-refractivity contribution in [2.75, 3.05) is 32.5 Å². The second kappa shape index (κ2) is 6.98. The minimum Gasteiger partial charge on any atom is -0.369 e. The number of carbonyl (C=O) groups is 1. The number of benzene rings is 1. The predicted molar refractivity (Wildman–Crippen MR) is 96.5 cm³/mol. The van der Waals surface area contributed by atoms with Gasteiger partial charge in [0, 0.05) is 35.8 Å². The van der Waals surface area contributed by atoms with Gasteiger partial charge in [0.2, 0.25) is 0 Å². The number of rotatable bonds is 6. The van der Waals surface area contributed by atoms with Gasteiger partial charge in [-0.15, -0.1) is 0 Å². The molecule has 2 N–H and O–H groups in total. The largest absolute Gasteiger partial charge is 0.369 e. The van der Waals surface area contributed by atoms with E-state index in [1.54, 1.807) is 6.07 Å². The molecule has 0 radical (unpaired) electrons. The van der Waals surface area contributed by atoms with Crippen molar-refractivity contribution >= 4 is 23.0 Å². The molecule has 0 saturated heterocycles. The van der Waals surface area contributed by atoms with Gasteiger partial charge in [0.15, 0.2) is 12.1 Å². The lowest BCUT2D eigenvalue weighted by Gasteiger charge is -2.12. The standard InChI is InChI=1S/C18H20FN5O/c1-11-8-16(20-6-7-24(2)3)23-18(21-11)17-14(10-25)13-9-12(19)4-5-15(13)22-17/h4-5,8-10,22H,6-7H2,1-3H3,(H,20,21,23). The van der Waals surface area contributed by atoms with Crippen LogP contribution in [0.1, 0.15) is 16.1 Å². The van der Waals surface area contributed by atoms with Crippen LogP contribution in [0, 0.1) is 12.7 Å². The van der Waals surface area contributed by atoms with Crippen LogP contribution in [0.2, 0.25) is 0 Å². The summed E-state index contributed by atoms with van der Waals surface area (Å²) in [5, 5.41) is 3.78. The van der Waals surface area contributed by atoms with Crippen molar-refractivity contribution in [3.8, 4) is 11.5 Å². The number of aromatic nitrogens is 3. The van der Waals surface area contributed by atoms with E-state index in [9.17, 15) is 9.18 Å². The normalized spacial score (nSPS) is 11.2. The second-order valence-corrected chi connectivity index (χ2v) is 6.17. The fraction of sp³-hybridized carbons (Fsp3) is 0.278. The van der Waals surface area contributed by atoms with Gasteiger partial charge in [-0.2, -0.15) is 0 Å². The number of anilines is 1. The van der Waals surface area contributed by atoms with Crippen molar-refractivity contribution < 1.29 is 9.18 Å². The van der Waals surface area contributed by atoms with Gasteiger partial charge in [-0.3, -0.25) is 4.79 Å². The Bertz CT molecular complexity index is 919. The lowest BCUT2D eigenvalue weighted by Crippen LogP contribution is -2.21. The Labute approximate surface area is 145 Å². The first-order chi connectivity index (χ1) is 12.0. The highest BCUT2D eigenvalue weighted by Gasteiger charge is 2.16. The highest BCUT2D eigenvalue weighted by Crippen LogP contribution is 2.28. The van der Waals surface area contributed by atoms with E-state index in [0.717, 1.165) is 18.8 Å². The number of fused-ring (bicyclic) bond motifs is 1. The van der Waals surface area contributed by atoms with Crippen molar-refractivity contribution in [3.05, 3.63) is 41.3 Å². The lowest BCUT2D eigenvalue weighted by molar-refractivity contribution is 0.112. The number of nitrogens with zero attached hydrogens (tertiary/aromatic N) is 3. The zero-order valence-corrected chi connectivity index (χ0v) is 14.4. The van der Waals surface area contributed by atoms with Crippen LogP contribution in [-0.4, -0.2) is 53.3 Å². The molecule has 0 spiro atoms. The quantitative estimate of drug-likeness (QED) is 0.675. The molecule has 2 heterocycles. The zero-order valence-electron chi connectivity index (χ0n) is 14.4. The molecule has 3 aromatic rings. The van der Waals surface area contributed by atoms with Crippen molar-refractivity contribution in [3.63, 3.8) is 0 Å². The van der Waals surface area contributed by atoms with E-state index in [4.69, 9.17) is 0 Å². The third kappa shape index (κ3) is 3.66. The lowest BCUT2D eigenvalue weighted by atomic mass is 10.1. The maximum absolute atomic E-state index is 13.5. The Balaban J connectivity index is 2.02. The zero-order chi connectivity index (χ0) is 18.0. The van der Waals surface area contributed by atoms with Gasteiger partial charge in [-0.25, -0.2) is 14.4 Å². The molecular weight excluding hydrogens is 321 g/mol. The second-order valence-electron chi connectivity index (χ2n) is 6.17. The third-order valence-electron chi connectivity index (χ3n) is 3.86. The average molecular weight is 341 g/mol. The van der Waals surface area contributed by atoms with E-state index in [-0.39, 0.29) is 0 Å². The number of aromatic amines is 1. The molecule has 0 amide bonds. The highest BCUT2D eigenvalue weighted by molar-refractivity contribution is 6.03. The molecule has 0 unspecified atom stereocenters. The molecule has 0 aliphatic rings. The fourth-order valence-corrected chi connectivity index (χ4v) is 2.66. The molecule has 0 bridgehead atoms. The fourth-order valence-electron chi connectivity index (χ4n) is 2.66. The molecule has 0 aliphatic heterocycles. The number of nitrogens with one attached hydrogen (secondary N) is 2. The Hall–Kier alpha value is -2.80. The van der Waals surface area contributed by atoms with E-state index in [2.05, 4.69) is 25.2 Å². The van der Waals surface area contributed by atoms with E-state index < -0.39 is 5.82 Å². The van der Waals surface area contributed by atoms with Crippen LogP contribution in [-0.2, 0) is 0 Å². The van der Waals surface area contributed by atoms with E-state index in [1.165, 1.54) is 12.1 Å². The molecule has 0 fully saturated rings. The Morgan fingerprint density at radius 1 is 1.28 bits per heavy atom. The van der Waals surface area contributed by atoms with Crippen LogP contribution in [0.4, 0.5) is 10.2 Å². The average Bonchev–Trinajstić information content (AvgIpc) is 2.91. The Morgan fingerprint density at radius 3 is 2.80 bits per heavy atom. The molecule has 3 rings (SSSR count). The van der Waals surface area contributed by atoms with Crippen LogP contribution in [0.5, 0.6) is 0 Å². The van der Waals surface area contributed by atoms with Crippen molar-refractivity contribution in [2.24, 2.45) is 0 Å². The number of aldehydes is 1. The summed E-state index contributed by atoms with van der Waals surface area (Å²) in [5.74, 6) is 0.703. The van der Waals surface area contributed by atoms with E-state index in [0.29, 0.717) is 40.1 Å². The molecule has 0 atom stereocenters. The van der Waals surface area contributed by atoms with Crippen LogP contribution >= 0.6 is 0 Å². The summed E-state index contributed by atoms with van der Waals surface area (Å²) < 4.78 is 13.5. The first kappa shape index (κ1) is 17.0. The summed E-state index contributed by atoms with van der Waals surface area (Å²) in [6, 6.07) is 6.14. The maximum Gasteiger partial charge on any atom is 0.178 e. The number of hydrogen-bond donors (Lipinski definition) is 2. The number of aryl methyl sites for hydroxylation is 1. The van der Waals surface area contributed by atoms with Crippen LogP contribution in [0.15, 0.2) is 24.3 Å². The van der Waals surface area contributed by atoms with Gasteiger partial charge >= 0.3 is 0 Å². The van der Waals surface area contributed by atoms with Crippen LogP contribution < -0.4 is 5.32 Å². The van der Waals surface area contributed by atoms with Gasteiger partial charge in [0.25, 0.3) is 0 Å². The SMILES string of the molecule is Cc1cc(NCCN(C)C)nc(-c2[nH]c3ccc(F)cc3c2C=O)n1. The first-order valence-electron chi connectivity index (χ1n) is 7.99. The predicted octanol–water partition coefficient (Wildman–Crippen LogP) is 2.86. The van der Waals surface area contributed by atoms with Crippen molar-refractivity contribution in [1.29, 1.82) is 0 Å². The van der Waals surface area contributed by atoms with Crippen LogP contribution in [0.25, 0.3) is 22.4 Å². The molecule has 6 nitrogen and oxygen atoms in total. The number of halogens is 1. The summed E-state index contributed by atoms with van der Waals surface area (Å²) in [6.07, 6.45) is 0.707. The molecule has 7 heteroatoms. The Kier molecular flexibility index (Phi) is 4.76. The number of likely N-dealkylation sites (N-methyl/N-ethyl adjacent to an activating group) is 1. The molecule has 25 heavy (non-hydrogen) atoms. The van der Waals surface area contributed by atoms with Gasteiger partial charge < -0.3 is 15.2 Å². The minimum absolute atomic E-state index is 0.361. The van der Waals surface area contributed by atoms with Crippen molar-refractivity contribution in [2.45, 2.75) is 6.92 Å². The summed E-state index contributed by atoms with van der Waals surface area (Å²) in [6.45, 7) is 3.47. The topological polar surface area (TPSA) is 73.9 Å². The summed E-state index contributed by atoms with van der Waals surface area (Å²) >= 11 is 0. The smallest absolute Gasteiger partial charge is 0.178 e. The number of carbonyl (C=O) groups excluding carboxylic acids is 1. The highest BCUT2D eigenvalue weighted by atomic mass is 19.1. The monoisotopic (exact) mass is 341 g/mol. The van der Waals surface area contributed by atoms with Gasteiger partial charge in [0.05, 0.1) is 11.3 Å². The van der Waals surface area contributed by atoms with Crippen LogP contribution in [0.3, 0.4) is 0 Å². The van der Waals surface area contributed by atoms with Crippen molar-refractivity contribution in [1.82, 2.24) is 19.9 Å². The minimum atomic E-state index is -0.391. The van der Waals surface area contributed by atoms with E-state index >= 15 is 0 Å².